The molecule has 5 nitrogen and oxygen atoms in total. The van der Waals surface area contributed by atoms with Gasteiger partial charge in [0.15, 0.2) is 0 Å². The molecule has 1 N–H and O–H groups in total. The molecule has 198 valence electrons. The number of carbonyl (C=O) groups is 1. The number of methoxy groups -OCH3 is 1. The Kier molecular flexibility index (Phi) is 9.38. The summed E-state index contributed by atoms with van der Waals surface area (Å²) in [5, 5.41) is 10.6. The van der Waals surface area contributed by atoms with Gasteiger partial charge in [0.2, 0.25) is 0 Å². The number of fused-ring (bicyclic) bond motifs is 1. The van der Waals surface area contributed by atoms with Crippen LogP contribution in [-0.4, -0.2) is 47.7 Å². The maximum atomic E-state index is 15.7. The van der Waals surface area contributed by atoms with Crippen molar-refractivity contribution in [3.63, 3.8) is 0 Å². The highest BCUT2D eigenvalue weighted by molar-refractivity contribution is 6.32. The Balaban J connectivity index is 1.35. The number of hydrogen-bond acceptors (Lipinski definition) is 4. The van der Waals surface area contributed by atoms with Crippen molar-refractivity contribution in [1.82, 2.24) is 9.88 Å². The van der Waals surface area contributed by atoms with Crippen LogP contribution in [0.5, 0.6) is 5.75 Å². The summed E-state index contributed by atoms with van der Waals surface area (Å²) in [6.45, 7) is 2.72. The molecule has 1 aromatic heterocycles. The van der Waals surface area contributed by atoms with Crippen molar-refractivity contribution >= 4 is 28.5 Å². The third kappa shape index (κ3) is 7.20. The van der Waals surface area contributed by atoms with Crippen molar-refractivity contribution in [3.8, 4) is 5.75 Å². The van der Waals surface area contributed by atoms with Crippen LogP contribution in [0.25, 0.3) is 10.9 Å². The minimum atomic E-state index is -1.31. The second-order valence-corrected chi connectivity index (χ2v) is 10.7. The highest BCUT2D eigenvalue weighted by Crippen LogP contribution is 2.44. The predicted octanol–water partition coefficient (Wildman–Crippen LogP) is 7.27. The lowest BCUT2D eigenvalue weighted by Gasteiger charge is -2.41. The van der Waals surface area contributed by atoms with Gasteiger partial charge in [-0.15, -0.1) is 0 Å². The summed E-state index contributed by atoms with van der Waals surface area (Å²) in [6.07, 6.45) is 5.83. The van der Waals surface area contributed by atoms with Gasteiger partial charge in [-0.25, -0.2) is 4.39 Å². The van der Waals surface area contributed by atoms with Crippen LogP contribution >= 0.6 is 11.6 Å². The number of hydrogen-bond donors (Lipinski definition) is 1. The number of aryl methyl sites for hydroxylation is 1. The monoisotopic (exact) mass is 526 g/mol. The van der Waals surface area contributed by atoms with Gasteiger partial charge in [0.05, 0.1) is 24.1 Å². The van der Waals surface area contributed by atoms with E-state index in [4.69, 9.17) is 16.3 Å². The van der Waals surface area contributed by atoms with Gasteiger partial charge in [-0.1, -0.05) is 41.9 Å². The quantitative estimate of drug-likeness (QED) is 0.251. The summed E-state index contributed by atoms with van der Waals surface area (Å²) in [5.41, 5.74) is 2.03. The maximum absolute atomic E-state index is 15.7. The summed E-state index contributed by atoms with van der Waals surface area (Å²) < 4.78 is 21.1. The van der Waals surface area contributed by atoms with E-state index >= 15 is 4.39 Å². The molecule has 1 atom stereocenters. The molecular formula is C30H36ClFN2O3. The fourth-order valence-electron chi connectivity index (χ4n) is 5.59. The molecule has 0 spiro atoms. The first-order valence-corrected chi connectivity index (χ1v) is 13.5. The van der Waals surface area contributed by atoms with Crippen molar-refractivity contribution in [2.75, 3.05) is 26.7 Å². The minimum Gasteiger partial charge on any atom is -0.497 e. The van der Waals surface area contributed by atoms with Crippen LogP contribution in [0.4, 0.5) is 4.39 Å². The number of halogens is 2. The average Bonchev–Trinajstić information content (AvgIpc) is 2.90. The van der Waals surface area contributed by atoms with Gasteiger partial charge in [0.25, 0.3) is 0 Å². The fraction of sp³-hybridized carbons (Fsp3) is 0.467. The van der Waals surface area contributed by atoms with Gasteiger partial charge in [-0.3, -0.25) is 9.78 Å². The van der Waals surface area contributed by atoms with Gasteiger partial charge in [-0.2, -0.15) is 0 Å². The molecule has 0 amide bonds. The zero-order valence-corrected chi connectivity index (χ0v) is 22.2. The van der Waals surface area contributed by atoms with Crippen LogP contribution in [-0.2, 0) is 11.2 Å². The smallest absolute Gasteiger partial charge is 0.303 e. The van der Waals surface area contributed by atoms with Crippen molar-refractivity contribution in [1.29, 1.82) is 0 Å². The number of likely N-dealkylation sites (tertiary alicyclic amines) is 1. The highest BCUT2D eigenvalue weighted by atomic mass is 35.5. The van der Waals surface area contributed by atoms with E-state index in [1.54, 1.807) is 25.3 Å². The molecule has 2 heterocycles. The van der Waals surface area contributed by atoms with Crippen molar-refractivity contribution < 1.29 is 19.0 Å². The van der Waals surface area contributed by atoms with E-state index in [0.29, 0.717) is 28.6 Å². The molecule has 0 radical (unpaired) electrons. The van der Waals surface area contributed by atoms with E-state index in [1.807, 2.05) is 6.07 Å². The Morgan fingerprint density at radius 3 is 2.65 bits per heavy atom. The molecule has 4 rings (SSSR count). The van der Waals surface area contributed by atoms with Crippen LogP contribution in [0, 0.1) is 5.41 Å². The van der Waals surface area contributed by atoms with Crippen LogP contribution in [0.3, 0.4) is 0 Å². The second-order valence-electron chi connectivity index (χ2n) is 10.3. The van der Waals surface area contributed by atoms with E-state index in [2.05, 4.69) is 34.1 Å². The molecule has 1 aliphatic heterocycles. The molecule has 0 saturated carbocycles. The van der Waals surface area contributed by atoms with Crippen LogP contribution in [0.1, 0.15) is 62.2 Å². The molecule has 3 aromatic rings. The number of carboxylic acid groups (broad SMARTS) is 1. The Hall–Kier alpha value is -2.70. The zero-order valence-electron chi connectivity index (χ0n) is 21.5. The number of piperidine rings is 1. The van der Waals surface area contributed by atoms with Crippen molar-refractivity contribution in [2.45, 2.75) is 57.5 Å². The Bertz CT molecular complexity index is 1180. The number of benzene rings is 2. The van der Waals surface area contributed by atoms with Crippen molar-refractivity contribution in [3.05, 3.63) is 70.9 Å². The lowest BCUT2D eigenvalue weighted by Crippen LogP contribution is -2.41. The molecule has 1 fully saturated rings. The lowest BCUT2D eigenvalue weighted by atomic mass is 9.71. The Morgan fingerprint density at radius 2 is 1.95 bits per heavy atom. The number of ether oxygens (including phenoxy) is 1. The number of aliphatic carboxylic acids is 1. The third-order valence-corrected chi connectivity index (χ3v) is 8.09. The van der Waals surface area contributed by atoms with Gasteiger partial charge >= 0.3 is 5.97 Å². The van der Waals surface area contributed by atoms with Crippen LogP contribution in [0.2, 0.25) is 5.02 Å². The molecule has 37 heavy (non-hydrogen) atoms. The summed E-state index contributed by atoms with van der Waals surface area (Å²) in [5.74, 6) is -0.202. The lowest BCUT2D eigenvalue weighted by molar-refractivity contribution is -0.141. The number of rotatable bonds is 12. The predicted molar refractivity (Wildman–Crippen MR) is 146 cm³/mol. The largest absolute Gasteiger partial charge is 0.497 e. The molecule has 0 aliphatic carbocycles. The number of unbranched alkanes of at least 4 members (excludes halogenated alkanes) is 1. The molecule has 7 heteroatoms. The van der Waals surface area contributed by atoms with Gasteiger partial charge in [0, 0.05) is 17.1 Å². The fourth-order valence-corrected chi connectivity index (χ4v) is 5.86. The summed E-state index contributed by atoms with van der Waals surface area (Å²) in [7, 11) is 1.57. The molecule has 2 aromatic carbocycles. The summed E-state index contributed by atoms with van der Waals surface area (Å²) in [6, 6.07) is 15.9. The maximum Gasteiger partial charge on any atom is 0.303 e. The van der Waals surface area contributed by atoms with E-state index in [1.165, 1.54) is 11.8 Å². The standard InChI is InChI=1S/C30H36ClFN2O3/c1-37-23-10-11-27-24(19-23)29(25(31)21-33-27)26(32)12-13-30(20-28(35)36)14-17-34(18-15-30)16-6-5-9-22-7-3-2-4-8-22/h2-4,7-8,10-11,19,21,26H,5-6,9,12-18,20H2,1H3,(H,35,36)/t26-/m0/s1. The van der Waals surface area contributed by atoms with E-state index in [-0.39, 0.29) is 17.9 Å². The Labute approximate surface area is 223 Å². The van der Waals surface area contributed by atoms with Gasteiger partial charge in [-0.05, 0) is 93.8 Å². The van der Waals surface area contributed by atoms with Crippen LogP contribution < -0.4 is 4.74 Å². The van der Waals surface area contributed by atoms with Gasteiger partial charge < -0.3 is 14.7 Å². The normalized spacial score (nSPS) is 16.5. The molecule has 1 saturated heterocycles. The van der Waals surface area contributed by atoms with Crippen LogP contribution in [0.15, 0.2) is 54.7 Å². The summed E-state index contributed by atoms with van der Waals surface area (Å²) >= 11 is 6.41. The summed E-state index contributed by atoms with van der Waals surface area (Å²) in [4.78, 5) is 18.5. The SMILES string of the molecule is COc1ccc2ncc(Cl)c([C@@H](F)CCC3(CC(=O)O)CCN(CCCCc4ccccc4)CC3)c2c1. The number of alkyl halides is 1. The first-order chi connectivity index (χ1) is 17.9. The number of nitrogens with zero attached hydrogens (tertiary/aromatic N) is 2. The van der Waals surface area contributed by atoms with E-state index < -0.39 is 17.6 Å². The molecule has 1 aliphatic rings. The second kappa shape index (κ2) is 12.7. The van der Waals surface area contributed by atoms with Gasteiger partial charge in [0.1, 0.15) is 11.9 Å². The number of pyridine rings is 1. The number of carboxylic acids is 1. The topological polar surface area (TPSA) is 62.7 Å². The molecular weight excluding hydrogens is 491 g/mol. The third-order valence-electron chi connectivity index (χ3n) is 7.79. The zero-order chi connectivity index (χ0) is 26.3. The molecule has 0 bridgehead atoms. The number of aromatic nitrogens is 1. The minimum absolute atomic E-state index is 0.0697. The first-order valence-electron chi connectivity index (χ1n) is 13.1. The average molecular weight is 527 g/mol. The molecule has 0 unspecified atom stereocenters. The highest BCUT2D eigenvalue weighted by Gasteiger charge is 2.37. The van der Waals surface area contributed by atoms with Crippen molar-refractivity contribution in [2.24, 2.45) is 5.41 Å². The first kappa shape index (κ1) is 27.3. The Morgan fingerprint density at radius 1 is 1.19 bits per heavy atom. The van der Waals surface area contributed by atoms with E-state index in [0.717, 1.165) is 51.7 Å². The van der Waals surface area contributed by atoms with E-state index in [9.17, 15) is 9.90 Å².